The molecule has 1 fully saturated rings. The molecule has 1 saturated heterocycles. The third-order valence-electron chi connectivity index (χ3n) is 5.50. The molecule has 0 radical (unpaired) electrons. The van der Waals surface area contributed by atoms with Crippen molar-refractivity contribution in [2.75, 3.05) is 6.61 Å². The van der Waals surface area contributed by atoms with Crippen LogP contribution in [-0.4, -0.2) is 17.3 Å². The summed E-state index contributed by atoms with van der Waals surface area (Å²) in [7, 11) is 0. The summed E-state index contributed by atoms with van der Waals surface area (Å²) < 4.78 is 9.84. The zero-order chi connectivity index (χ0) is 17.3. The Morgan fingerprint density at radius 1 is 1.29 bits per heavy atom. The number of carbonyl (C=O) groups excluding carboxylic acids is 1. The molecule has 0 spiro atoms. The first kappa shape index (κ1) is 24.7. The van der Waals surface area contributed by atoms with Crippen molar-refractivity contribution >= 4 is 18.0 Å². The Morgan fingerprint density at radius 3 is 2.50 bits per heavy atom. The van der Waals surface area contributed by atoms with Gasteiger partial charge in [-0.3, -0.25) is 9.83 Å². The van der Waals surface area contributed by atoms with Crippen molar-refractivity contribution in [3.8, 4) is 0 Å². The van der Waals surface area contributed by atoms with E-state index >= 15 is 0 Å². The van der Waals surface area contributed by atoms with Crippen molar-refractivity contribution in [2.24, 2.45) is 11.3 Å². The Morgan fingerprint density at radius 2 is 2.00 bits per heavy atom. The third kappa shape index (κ3) is 5.35. The molecule has 0 bridgehead atoms. The maximum atomic E-state index is 12.1. The second-order valence-electron chi connectivity index (χ2n) is 6.58. The van der Waals surface area contributed by atoms with Gasteiger partial charge in [-0.15, -0.1) is 0 Å². The van der Waals surface area contributed by atoms with Crippen LogP contribution in [0.2, 0.25) is 0 Å². The molecular weight excluding hydrogens is 339 g/mol. The van der Waals surface area contributed by atoms with Crippen LogP contribution in [-0.2, 0) is 18.9 Å². The summed E-state index contributed by atoms with van der Waals surface area (Å²) in [5.41, 5.74) is -0.185. The smallest absolute Gasteiger partial charge is 0.691 e. The average Bonchev–Trinajstić information content (AvgIpc) is 2.57. The van der Waals surface area contributed by atoms with E-state index in [1.165, 1.54) is 0 Å². The molecule has 0 aromatic carbocycles. The summed E-state index contributed by atoms with van der Waals surface area (Å²) >= 11 is 1.07. The van der Waals surface area contributed by atoms with Crippen molar-refractivity contribution in [1.82, 2.24) is 0 Å². The van der Waals surface area contributed by atoms with Crippen molar-refractivity contribution in [3.05, 3.63) is 0 Å². The number of hydrogen-bond donors (Lipinski definition) is 0. The van der Waals surface area contributed by atoms with Gasteiger partial charge in [0.1, 0.15) is 0 Å². The van der Waals surface area contributed by atoms with E-state index in [0.29, 0.717) is 6.61 Å². The van der Waals surface area contributed by atoms with Crippen LogP contribution in [0.15, 0.2) is 0 Å². The van der Waals surface area contributed by atoms with Gasteiger partial charge in [0, 0.05) is 17.5 Å². The van der Waals surface area contributed by atoms with Crippen molar-refractivity contribution in [2.45, 2.75) is 83.8 Å². The first-order valence-corrected chi connectivity index (χ1v) is 9.59. The molecule has 136 valence electrons. The summed E-state index contributed by atoms with van der Waals surface area (Å²) in [4.78, 5) is 12.1. The predicted octanol–water partition coefficient (Wildman–Crippen LogP) is 0.961. The fourth-order valence-corrected chi connectivity index (χ4v) is 5.35. The van der Waals surface area contributed by atoms with E-state index in [4.69, 9.17) is 9.07 Å². The molecule has 3 unspecified atom stereocenters. The van der Waals surface area contributed by atoms with Gasteiger partial charge in [-0.2, -0.15) is 4.33 Å². The van der Waals surface area contributed by atoms with Crippen LogP contribution < -0.4 is 34.8 Å². The minimum Gasteiger partial charge on any atom is -0.691 e. The molecule has 0 N–H and O–H groups in total. The zero-order valence-electron chi connectivity index (χ0n) is 15.9. The minimum absolute atomic E-state index is 0. The fourth-order valence-electron chi connectivity index (χ4n) is 4.12. The van der Waals surface area contributed by atoms with Gasteiger partial charge in [0.2, 0.25) is 0 Å². The number of rotatable bonds is 11. The quantitative estimate of drug-likeness (QED) is 0.177. The van der Waals surface area contributed by atoms with Crippen LogP contribution in [0.4, 0.5) is 0 Å². The molecule has 1 aliphatic heterocycles. The van der Waals surface area contributed by atoms with Gasteiger partial charge in [-0.25, -0.2) is 0 Å². The van der Waals surface area contributed by atoms with Gasteiger partial charge in [-0.05, 0) is 25.2 Å². The van der Waals surface area contributed by atoms with Gasteiger partial charge in [0.25, 0.3) is 0 Å². The predicted molar refractivity (Wildman–Crippen MR) is 89.0 cm³/mol. The Hall–Kier alpha value is 0.700. The number of esters is 1. The number of cyclic esters (lactones) is 1. The van der Waals surface area contributed by atoms with E-state index in [2.05, 4.69) is 32.7 Å². The molecule has 1 aliphatic rings. The maximum Gasteiger partial charge on any atom is 1.00 e. The van der Waals surface area contributed by atoms with Crippen LogP contribution in [0.1, 0.15) is 79.1 Å². The average molecular weight is 370 g/mol. The summed E-state index contributed by atoms with van der Waals surface area (Å²) in [6, 6.07) is 0. The van der Waals surface area contributed by atoms with E-state index in [1.807, 2.05) is 0 Å². The van der Waals surface area contributed by atoms with Crippen LogP contribution in [0.5, 0.6) is 0 Å². The topological polar surface area (TPSA) is 67.8 Å². The van der Waals surface area contributed by atoms with Gasteiger partial charge in [0.05, 0.1) is 17.8 Å². The molecule has 3 atom stereocenters. The Balaban J connectivity index is 0.00000529. The normalized spacial score (nSPS) is 28.1. The monoisotopic (exact) mass is 370 g/mol. The molecule has 0 aromatic rings. The molecular formula is C17H31NaO5S. The molecule has 1 rings (SSSR count). The minimum atomic E-state index is -0.471. The van der Waals surface area contributed by atoms with E-state index in [1.54, 1.807) is 0 Å². The molecule has 0 amide bonds. The number of carbonyl (C=O) groups is 1. The third-order valence-corrected chi connectivity index (χ3v) is 6.83. The van der Waals surface area contributed by atoms with Crippen molar-refractivity contribution in [1.29, 1.82) is 0 Å². The molecule has 0 aromatic heterocycles. The van der Waals surface area contributed by atoms with Gasteiger partial charge >= 0.3 is 35.5 Å². The summed E-state index contributed by atoms with van der Waals surface area (Å²) in [6.07, 6.45) is 7.22. The molecule has 5 nitrogen and oxygen atoms in total. The molecule has 24 heavy (non-hydrogen) atoms. The standard InChI is InChI=1S/C17H32O5S.Na/c1-5-9-11-16(8-4)13-20-15(18)12-17(16,23-22-21-19)14(7-3)10-6-2;/h14,19H,5-13H2,1-4H3;/q;+1/p-1. The van der Waals surface area contributed by atoms with Gasteiger partial charge in [-0.1, -0.05) is 53.4 Å². The van der Waals surface area contributed by atoms with Crippen LogP contribution in [0.3, 0.4) is 0 Å². The van der Waals surface area contributed by atoms with Crippen molar-refractivity contribution < 1.29 is 53.7 Å². The summed E-state index contributed by atoms with van der Waals surface area (Å²) in [6.45, 7) is 8.99. The van der Waals surface area contributed by atoms with E-state index in [9.17, 15) is 10.1 Å². The molecule has 7 heteroatoms. The van der Waals surface area contributed by atoms with Gasteiger partial charge < -0.3 is 9.99 Å². The first-order chi connectivity index (χ1) is 11.1. The van der Waals surface area contributed by atoms with Crippen LogP contribution in [0.25, 0.3) is 0 Å². The zero-order valence-corrected chi connectivity index (χ0v) is 18.7. The molecule has 1 heterocycles. The summed E-state index contributed by atoms with van der Waals surface area (Å²) in [5.74, 6) is 0.0689. The Kier molecular flexibility index (Phi) is 12.5. The van der Waals surface area contributed by atoms with Crippen LogP contribution >= 0.6 is 12.0 Å². The van der Waals surface area contributed by atoms with Crippen molar-refractivity contribution in [3.63, 3.8) is 0 Å². The number of ether oxygens (including phenoxy) is 1. The second-order valence-corrected chi connectivity index (χ2v) is 7.61. The SMILES string of the molecule is CCCCC1(CC)COC(=O)CC1(SOO[O-])C(CC)CCC.[Na+]. The first-order valence-electron chi connectivity index (χ1n) is 8.85. The molecule has 0 aliphatic carbocycles. The van der Waals surface area contributed by atoms with E-state index < -0.39 is 4.75 Å². The molecule has 0 saturated carbocycles. The summed E-state index contributed by atoms with van der Waals surface area (Å²) in [5, 5.41) is 14.2. The largest absolute Gasteiger partial charge is 1.00 e. The number of unbranched alkanes of at least 4 members (excludes halogenated alkanes) is 1. The fraction of sp³-hybridized carbons (Fsp3) is 0.941. The Labute approximate surface area is 172 Å². The Bertz CT molecular complexity index is 371. The second kappa shape index (κ2) is 12.2. The van der Waals surface area contributed by atoms with Gasteiger partial charge in [0.15, 0.2) is 0 Å². The number of hydrogen-bond acceptors (Lipinski definition) is 6. The maximum absolute atomic E-state index is 12.1. The van der Waals surface area contributed by atoms with E-state index in [-0.39, 0.29) is 53.3 Å². The van der Waals surface area contributed by atoms with E-state index in [0.717, 1.165) is 57.0 Å². The van der Waals surface area contributed by atoms with Crippen LogP contribution in [0, 0.1) is 11.3 Å².